The minimum Gasteiger partial charge on any atom is -0.0613 e. The first-order chi connectivity index (χ1) is 8.15. The van der Waals surface area contributed by atoms with Crippen LogP contribution in [0.3, 0.4) is 0 Å². The maximum Gasteiger partial charge on any atom is 0.0304 e. The molecule has 0 bridgehead atoms. The lowest BCUT2D eigenvalue weighted by Gasteiger charge is -2.20. The molecule has 0 unspecified atom stereocenters. The van der Waals surface area contributed by atoms with Crippen molar-refractivity contribution in [1.29, 1.82) is 0 Å². The molecular formula is C15H18I2. The highest BCUT2D eigenvalue weighted by molar-refractivity contribution is 14.1. The molecule has 0 atom stereocenters. The minimum absolute atomic E-state index is 0.883. The average Bonchev–Trinajstić information content (AvgIpc) is 3.14. The standard InChI is InChI=1S/C15H18I2/c1-3-11-8(2)12(9-4-5-9)14(16)15(17)13(11)10-6-7-10/h9-10H,3-7H2,1-2H3. The maximum absolute atomic E-state index is 2.61. The van der Waals surface area contributed by atoms with Gasteiger partial charge in [0.1, 0.15) is 0 Å². The summed E-state index contributed by atoms with van der Waals surface area (Å²) in [6, 6.07) is 0. The van der Waals surface area contributed by atoms with Crippen molar-refractivity contribution in [3.63, 3.8) is 0 Å². The van der Waals surface area contributed by atoms with Gasteiger partial charge in [-0.1, -0.05) is 6.92 Å². The van der Waals surface area contributed by atoms with Gasteiger partial charge in [-0.25, -0.2) is 0 Å². The summed E-state index contributed by atoms with van der Waals surface area (Å²) in [6.45, 7) is 4.70. The summed E-state index contributed by atoms with van der Waals surface area (Å²) in [7, 11) is 0. The zero-order valence-electron chi connectivity index (χ0n) is 10.4. The van der Waals surface area contributed by atoms with Crippen LogP contribution in [0.5, 0.6) is 0 Å². The first-order valence-electron chi connectivity index (χ1n) is 6.65. The Morgan fingerprint density at radius 3 is 1.88 bits per heavy atom. The Hall–Kier alpha value is 0.680. The van der Waals surface area contributed by atoms with Gasteiger partial charge >= 0.3 is 0 Å². The third-order valence-electron chi connectivity index (χ3n) is 4.17. The van der Waals surface area contributed by atoms with Gasteiger partial charge in [-0.2, -0.15) is 0 Å². The molecule has 2 aliphatic rings. The van der Waals surface area contributed by atoms with Gasteiger partial charge < -0.3 is 0 Å². The van der Waals surface area contributed by atoms with Crippen molar-refractivity contribution in [1.82, 2.24) is 0 Å². The van der Waals surface area contributed by atoms with Gasteiger partial charge in [0.2, 0.25) is 0 Å². The molecule has 0 radical (unpaired) electrons. The molecule has 0 nitrogen and oxygen atoms in total. The fraction of sp³-hybridized carbons (Fsp3) is 0.600. The van der Waals surface area contributed by atoms with Gasteiger partial charge in [0.25, 0.3) is 0 Å². The molecule has 92 valence electrons. The van der Waals surface area contributed by atoms with E-state index < -0.39 is 0 Å². The third-order valence-corrected chi connectivity index (χ3v) is 7.45. The second kappa shape index (κ2) is 4.66. The van der Waals surface area contributed by atoms with Crippen LogP contribution in [0.25, 0.3) is 0 Å². The number of halogens is 2. The SMILES string of the molecule is CCc1c(C)c(C2CC2)c(I)c(I)c1C1CC1. The van der Waals surface area contributed by atoms with Gasteiger partial charge in [-0.3, -0.25) is 0 Å². The van der Waals surface area contributed by atoms with E-state index in [4.69, 9.17) is 0 Å². The predicted octanol–water partition coefficient (Wildman–Crippen LogP) is 5.52. The van der Waals surface area contributed by atoms with Crippen LogP contribution < -0.4 is 0 Å². The maximum atomic E-state index is 2.61. The third kappa shape index (κ3) is 2.17. The Labute approximate surface area is 131 Å². The molecule has 2 fully saturated rings. The van der Waals surface area contributed by atoms with E-state index in [-0.39, 0.29) is 0 Å². The van der Waals surface area contributed by atoms with Crippen molar-refractivity contribution < 1.29 is 0 Å². The molecule has 0 aromatic heterocycles. The number of hydrogen-bond donors (Lipinski definition) is 0. The molecule has 2 heteroatoms. The summed E-state index contributed by atoms with van der Waals surface area (Å²) in [6.07, 6.45) is 6.88. The molecule has 17 heavy (non-hydrogen) atoms. The second-order valence-corrected chi connectivity index (χ2v) is 7.62. The van der Waals surface area contributed by atoms with Crippen molar-refractivity contribution in [3.05, 3.63) is 29.4 Å². The van der Waals surface area contributed by atoms with Crippen LogP contribution in [0.2, 0.25) is 0 Å². The van der Waals surface area contributed by atoms with Crippen LogP contribution in [0.1, 0.15) is 66.7 Å². The monoisotopic (exact) mass is 452 g/mol. The summed E-state index contributed by atoms with van der Waals surface area (Å²) in [5.74, 6) is 1.77. The van der Waals surface area contributed by atoms with E-state index in [1.807, 2.05) is 0 Å². The van der Waals surface area contributed by atoms with E-state index in [2.05, 4.69) is 59.0 Å². The van der Waals surface area contributed by atoms with Gasteiger partial charge in [0, 0.05) is 7.14 Å². The topological polar surface area (TPSA) is 0 Å². The Morgan fingerprint density at radius 1 is 0.941 bits per heavy atom. The molecule has 3 rings (SSSR count). The summed E-state index contributed by atoms with van der Waals surface area (Å²) < 4.78 is 3.15. The fourth-order valence-electron chi connectivity index (χ4n) is 3.01. The highest BCUT2D eigenvalue weighted by atomic mass is 127. The lowest BCUT2D eigenvalue weighted by atomic mass is 9.91. The molecule has 2 aliphatic carbocycles. The van der Waals surface area contributed by atoms with E-state index in [0.29, 0.717) is 0 Å². The molecule has 1 aromatic rings. The van der Waals surface area contributed by atoms with Crippen molar-refractivity contribution in [2.75, 3.05) is 0 Å². The van der Waals surface area contributed by atoms with Crippen molar-refractivity contribution in [3.8, 4) is 0 Å². The zero-order valence-corrected chi connectivity index (χ0v) is 14.8. The van der Waals surface area contributed by atoms with Gasteiger partial charge in [0.15, 0.2) is 0 Å². The van der Waals surface area contributed by atoms with Crippen molar-refractivity contribution >= 4 is 45.2 Å². The van der Waals surface area contributed by atoms with Gasteiger partial charge in [-0.05, 0) is 118 Å². The van der Waals surface area contributed by atoms with E-state index in [1.165, 1.54) is 32.1 Å². The molecule has 0 N–H and O–H groups in total. The average molecular weight is 452 g/mol. The molecule has 2 saturated carbocycles. The Balaban J connectivity index is 2.22. The molecule has 0 amide bonds. The lowest BCUT2D eigenvalue weighted by Crippen LogP contribution is -2.06. The Kier molecular flexibility index (Phi) is 3.48. The van der Waals surface area contributed by atoms with Gasteiger partial charge in [-0.15, -0.1) is 0 Å². The van der Waals surface area contributed by atoms with Crippen LogP contribution in [-0.2, 0) is 6.42 Å². The van der Waals surface area contributed by atoms with Crippen molar-refractivity contribution in [2.24, 2.45) is 0 Å². The summed E-state index contributed by atoms with van der Waals surface area (Å²) in [5, 5.41) is 0. The first-order valence-corrected chi connectivity index (χ1v) is 8.81. The van der Waals surface area contributed by atoms with E-state index in [0.717, 1.165) is 11.8 Å². The Morgan fingerprint density at radius 2 is 1.41 bits per heavy atom. The largest absolute Gasteiger partial charge is 0.0613 e. The zero-order chi connectivity index (χ0) is 12.2. The van der Waals surface area contributed by atoms with E-state index >= 15 is 0 Å². The molecule has 1 aromatic carbocycles. The highest BCUT2D eigenvalue weighted by Gasteiger charge is 2.34. The fourth-order valence-corrected chi connectivity index (χ4v) is 5.20. The summed E-state index contributed by atoms with van der Waals surface area (Å²) in [5.41, 5.74) is 6.71. The van der Waals surface area contributed by atoms with E-state index in [9.17, 15) is 0 Å². The Bertz CT molecular complexity index is 469. The first kappa shape index (κ1) is 12.7. The predicted molar refractivity (Wildman–Crippen MR) is 89.9 cm³/mol. The molecule has 0 saturated heterocycles. The number of hydrogen-bond acceptors (Lipinski definition) is 0. The smallest absolute Gasteiger partial charge is 0.0304 e. The van der Waals surface area contributed by atoms with E-state index in [1.54, 1.807) is 29.4 Å². The van der Waals surface area contributed by atoms with Crippen LogP contribution in [-0.4, -0.2) is 0 Å². The number of benzene rings is 1. The second-order valence-electron chi connectivity index (χ2n) is 5.46. The van der Waals surface area contributed by atoms with Crippen LogP contribution >= 0.6 is 45.2 Å². The molecular weight excluding hydrogens is 434 g/mol. The lowest BCUT2D eigenvalue weighted by molar-refractivity contribution is 0.959. The summed E-state index contributed by atoms with van der Waals surface area (Å²) in [4.78, 5) is 0. The highest BCUT2D eigenvalue weighted by Crippen LogP contribution is 2.51. The molecule has 0 spiro atoms. The number of rotatable bonds is 3. The van der Waals surface area contributed by atoms with Crippen LogP contribution in [0.15, 0.2) is 0 Å². The normalized spacial score (nSPS) is 19.8. The summed E-state index contributed by atoms with van der Waals surface area (Å²) >= 11 is 5.20. The van der Waals surface area contributed by atoms with Crippen LogP contribution in [0, 0.1) is 14.1 Å². The quantitative estimate of drug-likeness (QED) is 0.530. The molecule has 0 heterocycles. The minimum atomic E-state index is 0.883. The van der Waals surface area contributed by atoms with Crippen molar-refractivity contribution in [2.45, 2.75) is 57.8 Å². The van der Waals surface area contributed by atoms with Crippen LogP contribution in [0.4, 0.5) is 0 Å². The van der Waals surface area contributed by atoms with Gasteiger partial charge in [0.05, 0.1) is 0 Å². The molecule has 0 aliphatic heterocycles.